The van der Waals surface area contributed by atoms with Gasteiger partial charge in [-0.15, -0.1) is 0 Å². The van der Waals surface area contributed by atoms with Gasteiger partial charge in [-0.1, -0.05) is 25.1 Å². The van der Waals surface area contributed by atoms with Crippen molar-refractivity contribution >= 4 is 6.03 Å². The van der Waals surface area contributed by atoms with E-state index in [1.807, 2.05) is 47.4 Å². The number of nitrogens with one attached hydrogen (secondary N) is 1. The number of urea groups is 1. The topological polar surface area (TPSA) is 57.7 Å². The van der Waals surface area contributed by atoms with Crippen molar-refractivity contribution in [3.63, 3.8) is 0 Å². The first-order valence-corrected chi connectivity index (χ1v) is 9.62. The Bertz CT molecular complexity index is 688. The maximum absolute atomic E-state index is 12.6. The lowest BCUT2D eigenvalue weighted by Crippen LogP contribution is -2.52. The Balaban J connectivity index is 1.40. The summed E-state index contributed by atoms with van der Waals surface area (Å²) in [5.74, 6) is 0.900. The van der Waals surface area contributed by atoms with E-state index in [1.165, 1.54) is 0 Å². The molecule has 0 aliphatic carbocycles. The Morgan fingerprint density at radius 2 is 1.81 bits per heavy atom. The molecule has 1 aliphatic rings. The molecule has 1 aromatic heterocycles. The van der Waals surface area contributed by atoms with Gasteiger partial charge < -0.3 is 15.0 Å². The van der Waals surface area contributed by atoms with Gasteiger partial charge in [-0.3, -0.25) is 9.88 Å². The van der Waals surface area contributed by atoms with Crippen LogP contribution in [0.25, 0.3) is 0 Å². The molecule has 0 radical (unpaired) electrons. The monoisotopic (exact) mass is 368 g/mol. The summed E-state index contributed by atoms with van der Waals surface area (Å²) >= 11 is 0. The Kier molecular flexibility index (Phi) is 7.04. The normalized spacial score (nSPS) is 16.0. The van der Waals surface area contributed by atoms with Gasteiger partial charge in [-0.05, 0) is 36.2 Å². The van der Waals surface area contributed by atoms with Crippen molar-refractivity contribution < 1.29 is 9.53 Å². The zero-order valence-electron chi connectivity index (χ0n) is 15.9. The van der Waals surface area contributed by atoms with Crippen LogP contribution in [0.5, 0.6) is 5.75 Å². The van der Waals surface area contributed by atoms with E-state index in [0.29, 0.717) is 6.61 Å². The van der Waals surface area contributed by atoms with E-state index < -0.39 is 0 Å². The van der Waals surface area contributed by atoms with Crippen LogP contribution in [0.1, 0.15) is 24.9 Å². The van der Waals surface area contributed by atoms with Crippen LogP contribution in [-0.4, -0.2) is 60.1 Å². The van der Waals surface area contributed by atoms with E-state index in [9.17, 15) is 4.79 Å². The van der Waals surface area contributed by atoms with E-state index >= 15 is 0 Å². The third-order valence-corrected chi connectivity index (χ3v) is 4.89. The molecular weight excluding hydrogens is 340 g/mol. The van der Waals surface area contributed by atoms with Gasteiger partial charge in [0.2, 0.25) is 0 Å². The number of amides is 2. The van der Waals surface area contributed by atoms with Crippen LogP contribution in [0, 0.1) is 0 Å². The average Bonchev–Trinajstić information content (AvgIpc) is 2.74. The second kappa shape index (κ2) is 9.92. The molecule has 27 heavy (non-hydrogen) atoms. The molecule has 3 rings (SSSR count). The zero-order valence-corrected chi connectivity index (χ0v) is 15.9. The molecule has 144 valence electrons. The van der Waals surface area contributed by atoms with Crippen LogP contribution in [-0.2, 0) is 0 Å². The molecule has 6 heteroatoms. The fourth-order valence-electron chi connectivity index (χ4n) is 3.24. The van der Waals surface area contributed by atoms with E-state index in [4.69, 9.17) is 4.74 Å². The van der Waals surface area contributed by atoms with Crippen LogP contribution in [0.2, 0.25) is 0 Å². The van der Waals surface area contributed by atoms with Crippen LogP contribution in [0.4, 0.5) is 4.79 Å². The van der Waals surface area contributed by atoms with Gasteiger partial charge in [0.1, 0.15) is 12.4 Å². The number of carbonyl (C=O) groups is 1. The number of nitrogens with zero attached hydrogens (tertiary/aromatic N) is 3. The van der Waals surface area contributed by atoms with Crippen molar-refractivity contribution in [2.24, 2.45) is 0 Å². The van der Waals surface area contributed by atoms with Crippen molar-refractivity contribution in [3.05, 3.63) is 60.4 Å². The van der Waals surface area contributed by atoms with Crippen LogP contribution in [0.3, 0.4) is 0 Å². The third kappa shape index (κ3) is 5.69. The maximum atomic E-state index is 12.6. The molecule has 6 nitrogen and oxygen atoms in total. The van der Waals surface area contributed by atoms with Gasteiger partial charge in [-0.2, -0.15) is 0 Å². The maximum Gasteiger partial charge on any atom is 0.317 e. The molecule has 0 saturated carbocycles. The largest absolute Gasteiger partial charge is 0.492 e. The number of hydrogen-bond donors (Lipinski definition) is 1. The number of carbonyl (C=O) groups excluding carboxylic acids is 1. The molecule has 0 unspecified atom stereocenters. The predicted octanol–water partition coefficient (Wildman–Crippen LogP) is 2.94. The van der Waals surface area contributed by atoms with E-state index in [0.717, 1.165) is 50.5 Å². The molecule has 0 bridgehead atoms. The molecule has 2 amide bonds. The van der Waals surface area contributed by atoms with Gasteiger partial charge in [0.15, 0.2) is 0 Å². The molecule has 1 N–H and O–H groups in total. The standard InChI is InChI=1S/C21H28N4O2/c1-2-20(18-8-10-22-11-9-18)23-21(26)25-14-12-24(13-15-25)16-17-27-19-6-4-3-5-7-19/h3-11,20H,2,12-17H2,1H3,(H,23,26)/t20-/m0/s1. The Morgan fingerprint density at radius 3 is 2.48 bits per heavy atom. The number of benzene rings is 1. The fourth-order valence-corrected chi connectivity index (χ4v) is 3.24. The molecule has 1 atom stereocenters. The Hall–Kier alpha value is -2.60. The van der Waals surface area contributed by atoms with Crippen molar-refractivity contribution in [2.75, 3.05) is 39.3 Å². The summed E-state index contributed by atoms with van der Waals surface area (Å²) in [7, 11) is 0. The number of aromatic nitrogens is 1. The van der Waals surface area contributed by atoms with Crippen molar-refractivity contribution in [1.29, 1.82) is 0 Å². The fraction of sp³-hybridized carbons (Fsp3) is 0.429. The summed E-state index contributed by atoms with van der Waals surface area (Å²) in [6.45, 7) is 6.84. The Labute approximate surface area is 161 Å². The van der Waals surface area contributed by atoms with E-state index in [1.54, 1.807) is 12.4 Å². The molecule has 0 spiro atoms. The summed E-state index contributed by atoms with van der Waals surface area (Å²) < 4.78 is 5.76. The quantitative estimate of drug-likeness (QED) is 0.816. The third-order valence-electron chi connectivity index (χ3n) is 4.89. The second-order valence-electron chi connectivity index (χ2n) is 6.68. The number of para-hydroxylation sites is 1. The van der Waals surface area contributed by atoms with Gasteiger partial charge >= 0.3 is 6.03 Å². The first-order valence-electron chi connectivity index (χ1n) is 9.62. The highest BCUT2D eigenvalue weighted by atomic mass is 16.5. The number of ether oxygens (including phenoxy) is 1. The summed E-state index contributed by atoms with van der Waals surface area (Å²) in [4.78, 5) is 20.9. The first kappa shape index (κ1) is 19.2. The molecule has 2 aromatic rings. The summed E-state index contributed by atoms with van der Waals surface area (Å²) in [6.07, 6.45) is 4.38. The van der Waals surface area contributed by atoms with E-state index in [2.05, 4.69) is 22.1 Å². The lowest BCUT2D eigenvalue weighted by molar-refractivity contribution is 0.124. The lowest BCUT2D eigenvalue weighted by Gasteiger charge is -2.35. The smallest absolute Gasteiger partial charge is 0.317 e. The first-order chi connectivity index (χ1) is 13.3. The molecule has 1 saturated heterocycles. The SMILES string of the molecule is CC[C@H](NC(=O)N1CCN(CCOc2ccccc2)CC1)c1ccncc1. The van der Waals surface area contributed by atoms with Crippen molar-refractivity contribution in [1.82, 2.24) is 20.1 Å². The van der Waals surface area contributed by atoms with Crippen LogP contribution in [0.15, 0.2) is 54.9 Å². The van der Waals surface area contributed by atoms with Gasteiger partial charge in [0.25, 0.3) is 0 Å². The minimum Gasteiger partial charge on any atom is -0.492 e. The number of hydrogen-bond acceptors (Lipinski definition) is 4. The van der Waals surface area contributed by atoms with Gasteiger partial charge in [-0.25, -0.2) is 4.79 Å². The van der Waals surface area contributed by atoms with Gasteiger partial charge in [0.05, 0.1) is 6.04 Å². The average molecular weight is 368 g/mol. The predicted molar refractivity (Wildman–Crippen MR) is 106 cm³/mol. The second-order valence-corrected chi connectivity index (χ2v) is 6.68. The summed E-state index contributed by atoms with van der Waals surface area (Å²) in [5, 5.41) is 3.15. The zero-order chi connectivity index (χ0) is 18.9. The highest BCUT2D eigenvalue weighted by molar-refractivity contribution is 5.74. The van der Waals surface area contributed by atoms with Crippen molar-refractivity contribution in [2.45, 2.75) is 19.4 Å². The number of pyridine rings is 1. The minimum atomic E-state index is 0.0128. The lowest BCUT2D eigenvalue weighted by atomic mass is 10.1. The highest BCUT2D eigenvalue weighted by Crippen LogP contribution is 2.16. The van der Waals surface area contributed by atoms with Crippen molar-refractivity contribution in [3.8, 4) is 5.75 Å². The summed E-state index contributed by atoms with van der Waals surface area (Å²) in [6, 6.07) is 13.8. The van der Waals surface area contributed by atoms with Crippen LogP contribution >= 0.6 is 0 Å². The minimum absolute atomic E-state index is 0.0128. The highest BCUT2D eigenvalue weighted by Gasteiger charge is 2.23. The summed E-state index contributed by atoms with van der Waals surface area (Å²) in [5.41, 5.74) is 1.09. The Morgan fingerprint density at radius 1 is 1.11 bits per heavy atom. The van der Waals surface area contributed by atoms with Crippen LogP contribution < -0.4 is 10.1 Å². The molecule has 1 aliphatic heterocycles. The van der Waals surface area contributed by atoms with Gasteiger partial charge in [0, 0.05) is 45.1 Å². The van der Waals surface area contributed by atoms with E-state index in [-0.39, 0.29) is 12.1 Å². The molecule has 1 aromatic carbocycles. The number of rotatable bonds is 7. The number of piperazine rings is 1. The molecular formula is C21H28N4O2. The molecule has 1 fully saturated rings. The molecule has 2 heterocycles.